The molecule has 1 unspecified atom stereocenters. The highest BCUT2D eigenvalue weighted by Crippen LogP contribution is 2.13. The van der Waals surface area contributed by atoms with Crippen LogP contribution in [0.5, 0.6) is 0 Å². The van der Waals surface area contributed by atoms with E-state index in [-0.39, 0.29) is 36.8 Å². The summed E-state index contributed by atoms with van der Waals surface area (Å²) in [5, 5.41) is 0. The molecule has 0 radical (unpaired) electrons. The second-order valence-corrected chi connectivity index (χ2v) is 4.32. The highest BCUT2D eigenvalue weighted by Gasteiger charge is 2.23. The van der Waals surface area contributed by atoms with Gasteiger partial charge in [0.05, 0.1) is 0 Å². The van der Waals surface area contributed by atoms with E-state index in [4.69, 9.17) is 5.73 Å². The molecule has 1 aliphatic rings. The molecule has 1 amide bonds. The van der Waals surface area contributed by atoms with Crippen molar-refractivity contribution < 1.29 is 4.79 Å². The molecule has 1 saturated heterocycles. The summed E-state index contributed by atoms with van der Waals surface area (Å²) < 4.78 is 0. The monoisotopic (exact) mass is 291 g/mol. The van der Waals surface area contributed by atoms with Gasteiger partial charge in [0.2, 0.25) is 0 Å². The van der Waals surface area contributed by atoms with Gasteiger partial charge in [-0.05, 0) is 31.4 Å². The van der Waals surface area contributed by atoms with E-state index in [9.17, 15) is 4.79 Å². The molecule has 18 heavy (non-hydrogen) atoms. The molecule has 0 spiro atoms. The number of halogens is 2. The third kappa shape index (κ3) is 3.83. The standard InChI is InChI=1S/C12H17N3O.2ClH/c1-9-4-2-6-14-11(9)12(16)15-7-3-5-10(13)8-15;;/h2,4,6,10H,3,5,7-8,13H2,1H3;2*1H. The highest BCUT2D eigenvalue weighted by molar-refractivity contribution is 5.93. The smallest absolute Gasteiger partial charge is 0.272 e. The lowest BCUT2D eigenvalue weighted by Gasteiger charge is -2.30. The number of rotatable bonds is 1. The number of piperidine rings is 1. The Bertz CT molecular complexity index is 401. The first kappa shape index (κ1) is 17.2. The summed E-state index contributed by atoms with van der Waals surface area (Å²) in [4.78, 5) is 18.1. The van der Waals surface area contributed by atoms with E-state index in [0.717, 1.165) is 24.9 Å². The van der Waals surface area contributed by atoms with Gasteiger partial charge in [-0.25, -0.2) is 0 Å². The van der Waals surface area contributed by atoms with Crippen LogP contribution in [-0.4, -0.2) is 34.9 Å². The van der Waals surface area contributed by atoms with Gasteiger partial charge in [-0.2, -0.15) is 0 Å². The normalized spacial score (nSPS) is 18.6. The van der Waals surface area contributed by atoms with Crippen molar-refractivity contribution in [2.45, 2.75) is 25.8 Å². The van der Waals surface area contributed by atoms with Crippen molar-refractivity contribution in [3.8, 4) is 0 Å². The second kappa shape index (κ2) is 7.56. The Balaban J connectivity index is 0.00000144. The Morgan fingerprint density at radius 3 is 2.83 bits per heavy atom. The molecule has 6 heteroatoms. The van der Waals surface area contributed by atoms with Crippen LogP contribution in [0.15, 0.2) is 18.3 Å². The summed E-state index contributed by atoms with van der Waals surface area (Å²) >= 11 is 0. The van der Waals surface area contributed by atoms with Crippen molar-refractivity contribution in [1.82, 2.24) is 9.88 Å². The van der Waals surface area contributed by atoms with Crippen molar-refractivity contribution in [3.05, 3.63) is 29.6 Å². The molecule has 102 valence electrons. The fourth-order valence-electron chi connectivity index (χ4n) is 2.05. The lowest BCUT2D eigenvalue weighted by molar-refractivity contribution is 0.0702. The van der Waals surface area contributed by atoms with Gasteiger partial charge in [0.15, 0.2) is 0 Å². The third-order valence-corrected chi connectivity index (χ3v) is 2.96. The quantitative estimate of drug-likeness (QED) is 0.858. The van der Waals surface area contributed by atoms with E-state index in [1.807, 2.05) is 24.0 Å². The third-order valence-electron chi connectivity index (χ3n) is 2.96. The van der Waals surface area contributed by atoms with Crippen molar-refractivity contribution >= 4 is 30.7 Å². The predicted octanol–water partition coefficient (Wildman–Crippen LogP) is 1.80. The molecule has 0 saturated carbocycles. The molecular weight excluding hydrogens is 273 g/mol. The summed E-state index contributed by atoms with van der Waals surface area (Å²) in [6.45, 7) is 3.35. The highest BCUT2D eigenvalue weighted by atomic mass is 35.5. The van der Waals surface area contributed by atoms with Crippen molar-refractivity contribution in [3.63, 3.8) is 0 Å². The first-order chi connectivity index (χ1) is 7.68. The molecule has 1 aliphatic heterocycles. The number of carbonyl (C=O) groups is 1. The molecule has 0 aliphatic carbocycles. The molecule has 1 atom stereocenters. The molecule has 1 aromatic rings. The number of aryl methyl sites for hydroxylation is 1. The average molecular weight is 292 g/mol. The van der Waals surface area contributed by atoms with Gasteiger partial charge in [0, 0.05) is 25.3 Å². The van der Waals surface area contributed by atoms with Crippen LogP contribution in [0.2, 0.25) is 0 Å². The molecular formula is C12H19Cl2N3O. The van der Waals surface area contributed by atoms with Crippen molar-refractivity contribution in [2.24, 2.45) is 5.73 Å². The minimum atomic E-state index is 0. The van der Waals surface area contributed by atoms with Crippen molar-refractivity contribution in [2.75, 3.05) is 13.1 Å². The summed E-state index contributed by atoms with van der Waals surface area (Å²) in [5.74, 6) is 0.00764. The number of hydrogen-bond donors (Lipinski definition) is 1. The zero-order valence-corrected chi connectivity index (χ0v) is 12.0. The van der Waals surface area contributed by atoms with Crippen LogP contribution >= 0.6 is 24.8 Å². The average Bonchev–Trinajstić information content (AvgIpc) is 2.29. The topological polar surface area (TPSA) is 59.2 Å². The first-order valence-electron chi connectivity index (χ1n) is 5.65. The van der Waals surface area contributed by atoms with Crippen LogP contribution in [0.4, 0.5) is 0 Å². The number of nitrogens with zero attached hydrogens (tertiary/aromatic N) is 2. The second-order valence-electron chi connectivity index (χ2n) is 4.32. The van der Waals surface area contributed by atoms with Gasteiger partial charge >= 0.3 is 0 Å². The minimum Gasteiger partial charge on any atom is -0.336 e. The fraction of sp³-hybridized carbons (Fsp3) is 0.500. The van der Waals surface area contributed by atoms with Crippen LogP contribution in [0.3, 0.4) is 0 Å². The van der Waals surface area contributed by atoms with E-state index in [2.05, 4.69) is 4.98 Å². The zero-order chi connectivity index (χ0) is 11.5. The minimum absolute atomic E-state index is 0. The summed E-state index contributed by atoms with van der Waals surface area (Å²) in [7, 11) is 0. The Morgan fingerprint density at radius 1 is 1.50 bits per heavy atom. The van der Waals surface area contributed by atoms with Gasteiger partial charge in [-0.15, -0.1) is 24.8 Å². The van der Waals surface area contributed by atoms with Crippen LogP contribution in [0.25, 0.3) is 0 Å². The fourth-order valence-corrected chi connectivity index (χ4v) is 2.05. The van der Waals surface area contributed by atoms with Gasteiger partial charge in [-0.3, -0.25) is 9.78 Å². The molecule has 2 rings (SSSR count). The molecule has 2 N–H and O–H groups in total. The van der Waals surface area contributed by atoms with Crippen LogP contribution in [-0.2, 0) is 0 Å². The maximum atomic E-state index is 12.2. The lowest BCUT2D eigenvalue weighted by atomic mass is 10.1. The summed E-state index contributed by atoms with van der Waals surface area (Å²) in [5.41, 5.74) is 7.34. The number of likely N-dealkylation sites (tertiary alicyclic amines) is 1. The van der Waals surface area contributed by atoms with Gasteiger partial charge < -0.3 is 10.6 Å². The molecule has 4 nitrogen and oxygen atoms in total. The van der Waals surface area contributed by atoms with E-state index in [0.29, 0.717) is 12.2 Å². The largest absolute Gasteiger partial charge is 0.336 e. The zero-order valence-electron chi connectivity index (χ0n) is 10.3. The maximum Gasteiger partial charge on any atom is 0.272 e. The summed E-state index contributed by atoms with van der Waals surface area (Å²) in [6, 6.07) is 3.86. The van der Waals surface area contributed by atoms with E-state index < -0.39 is 0 Å². The van der Waals surface area contributed by atoms with E-state index in [1.165, 1.54) is 0 Å². The summed E-state index contributed by atoms with van der Waals surface area (Å²) in [6.07, 6.45) is 3.65. The van der Waals surface area contributed by atoms with Crippen LogP contribution in [0, 0.1) is 6.92 Å². The Hall–Kier alpha value is -0.840. The number of amides is 1. The van der Waals surface area contributed by atoms with E-state index >= 15 is 0 Å². The Kier molecular flexibility index (Phi) is 7.21. The number of hydrogen-bond acceptors (Lipinski definition) is 3. The van der Waals surface area contributed by atoms with Crippen LogP contribution in [0.1, 0.15) is 28.9 Å². The number of nitrogens with two attached hydrogens (primary N) is 1. The number of aromatic nitrogens is 1. The number of carbonyl (C=O) groups excluding carboxylic acids is 1. The van der Waals surface area contributed by atoms with Gasteiger partial charge in [0.1, 0.15) is 5.69 Å². The van der Waals surface area contributed by atoms with Gasteiger partial charge in [-0.1, -0.05) is 6.07 Å². The lowest BCUT2D eigenvalue weighted by Crippen LogP contribution is -2.46. The molecule has 0 aromatic carbocycles. The number of pyridine rings is 1. The molecule has 0 bridgehead atoms. The molecule has 1 fully saturated rings. The SMILES string of the molecule is Cc1cccnc1C(=O)N1CCCC(N)C1.Cl.Cl. The Labute approximate surface area is 120 Å². The van der Waals surface area contributed by atoms with Crippen LogP contribution < -0.4 is 5.73 Å². The van der Waals surface area contributed by atoms with Gasteiger partial charge in [0.25, 0.3) is 5.91 Å². The first-order valence-corrected chi connectivity index (χ1v) is 5.65. The van der Waals surface area contributed by atoms with E-state index in [1.54, 1.807) is 6.20 Å². The van der Waals surface area contributed by atoms with Crippen molar-refractivity contribution in [1.29, 1.82) is 0 Å². The maximum absolute atomic E-state index is 12.2. The predicted molar refractivity (Wildman–Crippen MR) is 76.6 cm³/mol. The Morgan fingerprint density at radius 2 is 2.22 bits per heavy atom. The molecule has 1 aromatic heterocycles. The molecule has 2 heterocycles.